The first-order valence-corrected chi connectivity index (χ1v) is 15.7. The zero-order chi connectivity index (χ0) is 34.5. The molecule has 1 saturated carbocycles. The van der Waals surface area contributed by atoms with Crippen LogP contribution in [-0.4, -0.2) is 33.1 Å². The van der Waals surface area contributed by atoms with Gasteiger partial charge in [0.1, 0.15) is 23.1 Å². The second-order valence-corrected chi connectivity index (χ2v) is 13.3. The Labute approximate surface area is 275 Å². The standard InChI is InChI=1S/C37H35F2N3O6/c1-36(2,3)48-35(47)41(25-16-13-22(14-17-25)30(34(45)46)21-9-7-8-10-21)37(23-11-5-4-6-12-23)28-20-27(32(40)42(37)33(28)44)31(43)26-18-15-24(38)19-29(26)39/h4-6,11-21,30H,7-10,40H2,1-3H3,(H,45,46). The SMILES string of the molecule is CC(C)(C)OC(=O)N(c1ccc(C(C(=O)O)C2CCCC2)cc1)C1(c2ccccc2)c2cc(C(=O)c3ccc(F)cc3F)c(N)n1c2=O. The number of benzene rings is 3. The van der Waals surface area contributed by atoms with E-state index in [1.807, 2.05) is 0 Å². The third-order valence-electron chi connectivity index (χ3n) is 9.08. The summed E-state index contributed by atoms with van der Waals surface area (Å²) in [5, 5.41) is 10.1. The van der Waals surface area contributed by atoms with Gasteiger partial charge in [-0.1, -0.05) is 55.3 Å². The Morgan fingerprint density at radius 2 is 1.60 bits per heavy atom. The highest BCUT2D eigenvalue weighted by Gasteiger charge is 2.57. The van der Waals surface area contributed by atoms with Gasteiger partial charge in [-0.25, -0.2) is 18.5 Å². The minimum Gasteiger partial charge on any atom is -0.481 e. The maximum absolute atomic E-state index is 14.7. The normalized spacial score (nSPS) is 17.8. The topological polar surface area (TPSA) is 132 Å². The fourth-order valence-electron chi connectivity index (χ4n) is 7.04. The van der Waals surface area contributed by atoms with Gasteiger partial charge in [-0.3, -0.25) is 19.0 Å². The average Bonchev–Trinajstić information content (AvgIpc) is 3.55. The Bertz CT molecular complexity index is 1980. The number of hydrogen-bond acceptors (Lipinski definition) is 6. The minimum atomic E-state index is -1.74. The van der Waals surface area contributed by atoms with E-state index in [1.165, 1.54) is 11.0 Å². The number of hydrogen-bond donors (Lipinski definition) is 2. The van der Waals surface area contributed by atoms with E-state index in [2.05, 4.69) is 0 Å². The van der Waals surface area contributed by atoms with Crippen molar-refractivity contribution in [3.63, 3.8) is 0 Å². The van der Waals surface area contributed by atoms with Crippen LogP contribution >= 0.6 is 0 Å². The monoisotopic (exact) mass is 655 g/mol. The van der Waals surface area contributed by atoms with Crippen LogP contribution in [0.25, 0.3) is 0 Å². The van der Waals surface area contributed by atoms with Crippen LogP contribution in [0.4, 0.5) is 25.1 Å². The number of nitrogens with two attached hydrogens (primary N) is 1. The van der Waals surface area contributed by atoms with Gasteiger partial charge in [0.15, 0.2) is 11.4 Å². The molecule has 2 bridgehead atoms. The second-order valence-electron chi connectivity index (χ2n) is 13.3. The van der Waals surface area contributed by atoms with E-state index >= 15 is 0 Å². The van der Waals surface area contributed by atoms with Crippen LogP contribution in [0, 0.1) is 17.6 Å². The maximum atomic E-state index is 14.7. The molecule has 248 valence electrons. The summed E-state index contributed by atoms with van der Waals surface area (Å²) in [6, 6.07) is 18.9. The number of aliphatic carboxylic acids is 1. The fraction of sp³-hybridized carbons (Fsp3) is 0.297. The zero-order valence-corrected chi connectivity index (χ0v) is 26.7. The molecule has 1 aliphatic carbocycles. The van der Waals surface area contributed by atoms with Gasteiger partial charge >= 0.3 is 12.1 Å². The molecule has 7 rings (SSSR count). The predicted octanol–water partition coefficient (Wildman–Crippen LogP) is 6.80. The zero-order valence-electron chi connectivity index (χ0n) is 26.7. The van der Waals surface area contributed by atoms with Crippen molar-refractivity contribution in [3.05, 3.63) is 129 Å². The van der Waals surface area contributed by atoms with Crippen LogP contribution < -0.4 is 16.2 Å². The van der Waals surface area contributed by atoms with E-state index in [0.29, 0.717) is 17.2 Å². The lowest BCUT2D eigenvalue weighted by Gasteiger charge is -2.51. The largest absolute Gasteiger partial charge is 0.481 e. The molecule has 3 aliphatic rings. The van der Waals surface area contributed by atoms with Gasteiger partial charge in [-0.15, -0.1) is 0 Å². The quantitative estimate of drug-likeness (QED) is 0.200. The lowest BCUT2D eigenvalue weighted by molar-refractivity contribution is -0.140. The molecule has 3 N–H and O–H groups in total. The Morgan fingerprint density at radius 1 is 0.958 bits per heavy atom. The molecule has 48 heavy (non-hydrogen) atoms. The molecule has 2 atom stereocenters. The van der Waals surface area contributed by atoms with Gasteiger partial charge in [-0.2, -0.15) is 0 Å². The number of halogens is 2. The number of carboxylic acid groups (broad SMARTS) is 1. The molecule has 1 amide bonds. The number of nitrogen functional groups attached to an aromatic ring is 1. The summed E-state index contributed by atoms with van der Waals surface area (Å²) in [6.45, 7) is 5.07. The number of carboxylic acids is 1. The molecule has 0 saturated heterocycles. The highest BCUT2D eigenvalue weighted by atomic mass is 19.1. The Hall–Kier alpha value is -5.32. The van der Waals surface area contributed by atoms with E-state index in [0.717, 1.165) is 42.4 Å². The summed E-state index contributed by atoms with van der Waals surface area (Å²) in [5.41, 5.74) is 3.88. The molecule has 4 aromatic rings. The van der Waals surface area contributed by atoms with Gasteiger partial charge in [0.25, 0.3) is 5.56 Å². The van der Waals surface area contributed by atoms with E-state index in [-0.39, 0.29) is 28.6 Å². The summed E-state index contributed by atoms with van der Waals surface area (Å²) in [5.74, 6) is -4.85. The number of ketones is 1. The molecule has 11 heteroatoms. The van der Waals surface area contributed by atoms with Crippen molar-refractivity contribution >= 4 is 29.4 Å². The molecular formula is C37H35F2N3O6. The molecule has 2 unspecified atom stereocenters. The summed E-state index contributed by atoms with van der Waals surface area (Å²) in [6.07, 6.45) is 2.69. The molecule has 9 nitrogen and oxygen atoms in total. The number of carbonyl (C=O) groups excluding carboxylic acids is 2. The first kappa shape index (κ1) is 32.6. The van der Waals surface area contributed by atoms with Crippen LogP contribution in [0.5, 0.6) is 0 Å². The lowest BCUT2D eigenvalue weighted by atomic mass is 9.81. The van der Waals surface area contributed by atoms with Gasteiger partial charge in [0.05, 0.1) is 28.3 Å². The highest BCUT2D eigenvalue weighted by molar-refractivity contribution is 6.12. The number of carbonyl (C=O) groups is 3. The third kappa shape index (κ3) is 5.32. The van der Waals surface area contributed by atoms with Crippen molar-refractivity contribution in [3.8, 4) is 0 Å². The van der Waals surface area contributed by atoms with Gasteiger partial charge in [-0.05, 0) is 75.4 Å². The van der Waals surface area contributed by atoms with Crippen molar-refractivity contribution in [1.82, 2.24) is 4.57 Å². The molecular weight excluding hydrogens is 620 g/mol. The van der Waals surface area contributed by atoms with Crippen molar-refractivity contribution in [2.24, 2.45) is 5.92 Å². The van der Waals surface area contributed by atoms with Gasteiger partial charge < -0.3 is 15.6 Å². The Morgan fingerprint density at radius 3 is 2.17 bits per heavy atom. The van der Waals surface area contributed by atoms with Crippen LogP contribution in [-0.2, 0) is 15.2 Å². The van der Waals surface area contributed by atoms with Crippen LogP contribution in [0.15, 0.2) is 83.7 Å². The van der Waals surface area contributed by atoms with Crippen molar-refractivity contribution in [1.29, 1.82) is 0 Å². The van der Waals surface area contributed by atoms with Crippen LogP contribution in [0.2, 0.25) is 0 Å². The third-order valence-corrected chi connectivity index (χ3v) is 9.08. The van der Waals surface area contributed by atoms with Crippen LogP contribution in [0.3, 0.4) is 0 Å². The number of rotatable bonds is 8. The van der Waals surface area contributed by atoms with Gasteiger partial charge in [0, 0.05) is 11.6 Å². The van der Waals surface area contributed by atoms with Crippen LogP contribution in [0.1, 0.15) is 85.0 Å². The van der Waals surface area contributed by atoms with Crippen molar-refractivity contribution in [2.75, 3.05) is 10.6 Å². The van der Waals surface area contributed by atoms with Gasteiger partial charge in [0.2, 0.25) is 0 Å². The number of nitrogens with zero attached hydrogens (tertiary/aromatic N) is 2. The number of amides is 1. The number of anilines is 2. The molecule has 0 spiro atoms. The first-order chi connectivity index (χ1) is 22.8. The van der Waals surface area contributed by atoms with E-state index < -0.39 is 57.8 Å². The van der Waals surface area contributed by atoms with Crippen molar-refractivity contribution < 1.29 is 33.0 Å². The summed E-state index contributed by atoms with van der Waals surface area (Å²) in [7, 11) is 0. The van der Waals surface area contributed by atoms with E-state index in [1.54, 1.807) is 75.4 Å². The summed E-state index contributed by atoms with van der Waals surface area (Å²) in [4.78, 5) is 55.2. The number of aromatic nitrogens is 1. The maximum Gasteiger partial charge on any atom is 0.417 e. The fourth-order valence-corrected chi connectivity index (χ4v) is 7.04. The Balaban J connectivity index is 1.54. The number of fused-ring (bicyclic) bond motifs is 2. The second kappa shape index (κ2) is 12.0. The summed E-state index contributed by atoms with van der Waals surface area (Å²) < 4.78 is 35.3. The predicted molar refractivity (Wildman–Crippen MR) is 175 cm³/mol. The molecule has 1 aromatic heterocycles. The van der Waals surface area contributed by atoms with Crippen molar-refractivity contribution in [2.45, 2.75) is 63.6 Å². The first-order valence-electron chi connectivity index (χ1n) is 15.7. The average molecular weight is 656 g/mol. The Kier molecular flexibility index (Phi) is 8.18. The minimum absolute atomic E-state index is 0.0157. The molecule has 1 fully saturated rings. The smallest absolute Gasteiger partial charge is 0.417 e. The lowest BCUT2D eigenvalue weighted by Crippen LogP contribution is -2.68. The van der Waals surface area contributed by atoms with E-state index in [4.69, 9.17) is 10.5 Å². The molecule has 2 aliphatic heterocycles. The highest BCUT2D eigenvalue weighted by Crippen LogP contribution is 2.47. The summed E-state index contributed by atoms with van der Waals surface area (Å²) >= 11 is 0. The molecule has 0 radical (unpaired) electrons. The van der Waals surface area contributed by atoms with E-state index in [9.17, 15) is 33.1 Å². The number of ether oxygens (including phenoxy) is 1. The number of pyridine rings is 1. The molecule has 3 heterocycles. The molecule has 3 aromatic carbocycles.